The summed E-state index contributed by atoms with van der Waals surface area (Å²) in [7, 11) is 0. The van der Waals surface area contributed by atoms with Crippen molar-refractivity contribution in [2.75, 3.05) is 5.73 Å². The fourth-order valence-electron chi connectivity index (χ4n) is 1.87. The molecular weight excluding hydrogens is 342 g/mol. The van der Waals surface area contributed by atoms with Crippen molar-refractivity contribution in [2.45, 2.75) is 0 Å². The number of nitrogens with zero attached hydrogens (tertiary/aromatic N) is 4. The molecule has 1 heterocycles. The third kappa shape index (κ3) is 2.17. The summed E-state index contributed by atoms with van der Waals surface area (Å²) in [5.74, 6) is 0.539. The molecule has 0 spiro atoms. The van der Waals surface area contributed by atoms with Crippen LogP contribution in [0.2, 0.25) is 5.02 Å². The molecule has 0 aliphatic carbocycles. The molecule has 0 unspecified atom stereocenters. The smallest absolute Gasteiger partial charge is 0.189 e. The molecule has 0 radical (unpaired) electrons. The molecule has 5 nitrogen and oxygen atoms in total. The number of anilines is 1. The van der Waals surface area contributed by atoms with Crippen LogP contribution in [0.5, 0.6) is 0 Å². The predicted molar refractivity (Wildman–Crippen MR) is 81.7 cm³/mol. The Bertz CT molecular complexity index is 771. The van der Waals surface area contributed by atoms with Gasteiger partial charge in [0.05, 0.1) is 16.4 Å². The summed E-state index contributed by atoms with van der Waals surface area (Å²) in [6, 6.07) is 13.0. The fraction of sp³-hybridized carbons (Fsp3) is 0. The van der Waals surface area contributed by atoms with Crippen molar-refractivity contribution >= 4 is 33.2 Å². The van der Waals surface area contributed by atoms with Crippen LogP contribution in [0.25, 0.3) is 17.1 Å². The minimum absolute atomic E-state index is 0.456. The Hall–Kier alpha value is -1.92. The molecule has 0 saturated carbocycles. The Kier molecular flexibility index (Phi) is 3.42. The maximum absolute atomic E-state index is 6.05. The summed E-state index contributed by atoms with van der Waals surface area (Å²) >= 11 is 9.53. The summed E-state index contributed by atoms with van der Waals surface area (Å²) in [6.45, 7) is 0. The molecule has 0 aliphatic heterocycles. The molecule has 0 bridgehead atoms. The second kappa shape index (κ2) is 5.22. The molecule has 0 fully saturated rings. The zero-order valence-electron chi connectivity index (χ0n) is 10.2. The van der Waals surface area contributed by atoms with E-state index in [-0.39, 0.29) is 0 Å². The Morgan fingerprint density at radius 1 is 1.10 bits per heavy atom. The van der Waals surface area contributed by atoms with Gasteiger partial charge in [0.1, 0.15) is 0 Å². The highest BCUT2D eigenvalue weighted by Gasteiger charge is 2.16. The number of tetrazole rings is 1. The highest BCUT2D eigenvalue weighted by atomic mass is 79.9. The number of hydrogen-bond acceptors (Lipinski definition) is 4. The summed E-state index contributed by atoms with van der Waals surface area (Å²) < 4.78 is 2.50. The van der Waals surface area contributed by atoms with Gasteiger partial charge in [0, 0.05) is 10.0 Å². The summed E-state index contributed by atoms with van der Waals surface area (Å²) in [5.41, 5.74) is 7.98. The van der Waals surface area contributed by atoms with Gasteiger partial charge >= 0.3 is 0 Å². The first-order valence-corrected chi connectivity index (χ1v) is 6.93. The lowest BCUT2D eigenvalue weighted by atomic mass is 10.1. The zero-order valence-corrected chi connectivity index (χ0v) is 12.5. The van der Waals surface area contributed by atoms with Crippen LogP contribution in [0.15, 0.2) is 46.9 Å². The van der Waals surface area contributed by atoms with Crippen LogP contribution in [0, 0.1) is 0 Å². The van der Waals surface area contributed by atoms with Crippen LogP contribution in [0.1, 0.15) is 0 Å². The van der Waals surface area contributed by atoms with Crippen molar-refractivity contribution < 1.29 is 0 Å². The van der Waals surface area contributed by atoms with E-state index in [9.17, 15) is 0 Å². The van der Waals surface area contributed by atoms with E-state index >= 15 is 0 Å². The monoisotopic (exact) mass is 349 g/mol. The number of rotatable bonds is 2. The molecule has 3 aromatic rings. The van der Waals surface area contributed by atoms with Gasteiger partial charge in [-0.1, -0.05) is 29.8 Å². The second-order valence-corrected chi connectivity index (χ2v) is 5.33. The van der Waals surface area contributed by atoms with Gasteiger partial charge < -0.3 is 5.73 Å². The van der Waals surface area contributed by atoms with E-state index in [1.807, 2.05) is 36.4 Å². The topological polar surface area (TPSA) is 69.6 Å². The van der Waals surface area contributed by atoms with E-state index in [0.29, 0.717) is 22.1 Å². The van der Waals surface area contributed by atoms with Crippen molar-refractivity contribution in [3.8, 4) is 17.1 Å². The number of benzene rings is 2. The van der Waals surface area contributed by atoms with Gasteiger partial charge in [-0.05, 0) is 50.6 Å². The molecule has 0 amide bonds. The molecule has 100 valence electrons. The number of aromatic nitrogens is 4. The molecule has 7 heteroatoms. The molecule has 0 atom stereocenters. The third-order valence-corrected chi connectivity index (χ3v) is 3.84. The van der Waals surface area contributed by atoms with Gasteiger partial charge in [-0.25, -0.2) is 0 Å². The highest BCUT2D eigenvalue weighted by Crippen LogP contribution is 2.31. The van der Waals surface area contributed by atoms with E-state index in [1.54, 1.807) is 10.7 Å². The largest absolute Gasteiger partial charge is 0.397 e. The quantitative estimate of drug-likeness (QED) is 0.720. The van der Waals surface area contributed by atoms with Crippen molar-refractivity contribution in [3.05, 3.63) is 52.0 Å². The van der Waals surface area contributed by atoms with Crippen molar-refractivity contribution in [1.82, 2.24) is 20.2 Å². The number of para-hydroxylation sites is 2. The van der Waals surface area contributed by atoms with E-state index in [1.165, 1.54) is 0 Å². The van der Waals surface area contributed by atoms with Crippen LogP contribution in [-0.4, -0.2) is 20.2 Å². The lowest BCUT2D eigenvalue weighted by Gasteiger charge is -2.09. The number of nitrogen functional groups attached to an aromatic ring is 1. The normalized spacial score (nSPS) is 10.7. The molecule has 2 aromatic carbocycles. The average molecular weight is 351 g/mol. The fourth-order valence-corrected chi connectivity index (χ4v) is 2.50. The van der Waals surface area contributed by atoms with Crippen molar-refractivity contribution in [2.24, 2.45) is 0 Å². The van der Waals surface area contributed by atoms with Gasteiger partial charge in [0.15, 0.2) is 5.82 Å². The SMILES string of the molecule is Nc1c(Cl)cccc1-c1nnnn1-c1ccccc1Br. The summed E-state index contributed by atoms with van der Waals surface area (Å²) in [6.07, 6.45) is 0. The van der Waals surface area contributed by atoms with E-state index in [4.69, 9.17) is 17.3 Å². The summed E-state index contributed by atoms with van der Waals surface area (Å²) in [4.78, 5) is 0. The third-order valence-electron chi connectivity index (χ3n) is 2.84. The van der Waals surface area contributed by atoms with Gasteiger partial charge in [0.2, 0.25) is 0 Å². The Labute approximate surface area is 128 Å². The number of nitrogens with two attached hydrogens (primary N) is 1. The average Bonchev–Trinajstić information content (AvgIpc) is 2.91. The Morgan fingerprint density at radius 3 is 2.70 bits per heavy atom. The molecular formula is C13H9BrClN5. The van der Waals surface area contributed by atoms with Crippen molar-refractivity contribution in [1.29, 1.82) is 0 Å². The van der Waals surface area contributed by atoms with Crippen molar-refractivity contribution in [3.63, 3.8) is 0 Å². The highest BCUT2D eigenvalue weighted by molar-refractivity contribution is 9.10. The molecule has 3 rings (SSSR count). The predicted octanol–water partition coefficient (Wildman–Crippen LogP) is 3.33. The van der Waals surface area contributed by atoms with Crippen LogP contribution in [-0.2, 0) is 0 Å². The maximum Gasteiger partial charge on any atom is 0.189 e. The molecule has 2 N–H and O–H groups in total. The number of hydrogen-bond donors (Lipinski definition) is 1. The van der Waals surface area contributed by atoms with Gasteiger partial charge in [-0.3, -0.25) is 0 Å². The number of halogens is 2. The first-order chi connectivity index (χ1) is 9.68. The summed E-state index contributed by atoms with van der Waals surface area (Å²) in [5, 5.41) is 12.3. The maximum atomic E-state index is 6.05. The standard InChI is InChI=1S/C13H9BrClN5/c14-9-5-1-2-7-11(9)20-13(17-18-19-20)8-4-3-6-10(15)12(8)16/h1-7H,16H2. The Balaban J connectivity index is 2.21. The first-order valence-electron chi connectivity index (χ1n) is 5.76. The minimum atomic E-state index is 0.456. The van der Waals surface area contributed by atoms with Gasteiger partial charge in [-0.15, -0.1) is 5.10 Å². The zero-order chi connectivity index (χ0) is 14.1. The van der Waals surface area contributed by atoms with Gasteiger partial charge in [-0.2, -0.15) is 4.68 Å². The lowest BCUT2D eigenvalue weighted by Crippen LogP contribution is -2.02. The van der Waals surface area contributed by atoms with Gasteiger partial charge in [0.25, 0.3) is 0 Å². The molecule has 0 aliphatic rings. The molecule has 1 aromatic heterocycles. The second-order valence-electron chi connectivity index (χ2n) is 4.07. The minimum Gasteiger partial charge on any atom is -0.397 e. The van der Waals surface area contributed by atoms with Crippen LogP contribution in [0.4, 0.5) is 5.69 Å². The van der Waals surface area contributed by atoms with E-state index < -0.39 is 0 Å². The molecule has 0 saturated heterocycles. The Morgan fingerprint density at radius 2 is 1.90 bits per heavy atom. The van der Waals surface area contributed by atoms with Crippen LogP contribution >= 0.6 is 27.5 Å². The van der Waals surface area contributed by atoms with Crippen LogP contribution in [0.3, 0.4) is 0 Å². The molecule has 20 heavy (non-hydrogen) atoms. The van der Waals surface area contributed by atoms with E-state index in [0.717, 1.165) is 10.2 Å². The van der Waals surface area contributed by atoms with Crippen LogP contribution < -0.4 is 5.73 Å². The lowest BCUT2D eigenvalue weighted by molar-refractivity contribution is 0.789. The first kappa shape index (κ1) is 13.1. The van der Waals surface area contributed by atoms with E-state index in [2.05, 4.69) is 31.5 Å².